The molecule has 0 aromatic heterocycles. The van der Waals surface area contributed by atoms with Gasteiger partial charge in [-0.2, -0.15) is 0 Å². The van der Waals surface area contributed by atoms with E-state index in [1.807, 2.05) is 18.2 Å². The average molecular weight is 334 g/mol. The molecule has 6 nitrogen and oxygen atoms in total. The van der Waals surface area contributed by atoms with E-state index in [9.17, 15) is 13.2 Å². The number of nitrogens with one attached hydrogen (secondary N) is 2. The first-order valence-corrected chi connectivity index (χ1v) is 8.55. The zero-order valence-corrected chi connectivity index (χ0v) is 13.3. The molecule has 0 atom stereocenters. The monoisotopic (exact) mass is 334 g/mol. The maximum Gasteiger partial charge on any atom is 0.257 e. The third-order valence-electron chi connectivity index (χ3n) is 2.91. The minimum absolute atomic E-state index is 0.105. The van der Waals surface area contributed by atoms with Crippen molar-refractivity contribution in [2.75, 3.05) is 19.7 Å². The molecule has 2 aromatic carbocycles. The van der Waals surface area contributed by atoms with Crippen LogP contribution in [0.4, 0.5) is 0 Å². The van der Waals surface area contributed by atoms with Crippen LogP contribution < -0.4 is 14.8 Å². The van der Waals surface area contributed by atoms with E-state index in [4.69, 9.17) is 4.74 Å². The Balaban J connectivity index is 1.68. The summed E-state index contributed by atoms with van der Waals surface area (Å²) in [5, 5.41) is 2.59. The molecule has 0 spiro atoms. The summed E-state index contributed by atoms with van der Waals surface area (Å²) in [6, 6.07) is 17.0. The van der Waals surface area contributed by atoms with Crippen LogP contribution in [0, 0.1) is 0 Å². The van der Waals surface area contributed by atoms with Gasteiger partial charge in [-0.3, -0.25) is 4.79 Å². The Hall–Kier alpha value is -2.38. The fourth-order valence-corrected chi connectivity index (χ4v) is 2.84. The van der Waals surface area contributed by atoms with E-state index in [-0.39, 0.29) is 30.5 Å². The molecule has 0 radical (unpaired) electrons. The lowest BCUT2D eigenvalue weighted by Crippen LogP contribution is -2.36. The van der Waals surface area contributed by atoms with Gasteiger partial charge >= 0.3 is 0 Å². The van der Waals surface area contributed by atoms with Gasteiger partial charge in [0.15, 0.2) is 6.61 Å². The summed E-state index contributed by atoms with van der Waals surface area (Å²) < 4.78 is 31.6. The molecule has 23 heavy (non-hydrogen) atoms. The molecule has 7 heteroatoms. The Kier molecular flexibility index (Phi) is 6.13. The van der Waals surface area contributed by atoms with Gasteiger partial charge in [0.05, 0.1) is 4.90 Å². The van der Waals surface area contributed by atoms with E-state index < -0.39 is 10.0 Å². The summed E-state index contributed by atoms with van der Waals surface area (Å²) >= 11 is 0. The molecule has 0 fully saturated rings. The summed E-state index contributed by atoms with van der Waals surface area (Å²) in [4.78, 5) is 11.8. The average Bonchev–Trinajstić information content (AvgIpc) is 2.59. The predicted octanol–water partition coefficient (Wildman–Crippen LogP) is 1.16. The van der Waals surface area contributed by atoms with Gasteiger partial charge in [-0.25, -0.2) is 13.1 Å². The molecule has 2 rings (SSSR count). The quantitative estimate of drug-likeness (QED) is 0.710. The van der Waals surface area contributed by atoms with Gasteiger partial charge in [0.2, 0.25) is 10.0 Å². The van der Waals surface area contributed by atoms with Gasteiger partial charge in [0.25, 0.3) is 5.91 Å². The van der Waals surface area contributed by atoms with Crippen molar-refractivity contribution in [2.24, 2.45) is 0 Å². The number of ether oxygens (including phenoxy) is 1. The lowest BCUT2D eigenvalue weighted by atomic mass is 10.3. The molecule has 0 bridgehead atoms. The zero-order valence-electron chi connectivity index (χ0n) is 12.4. The summed E-state index contributed by atoms with van der Waals surface area (Å²) in [6.07, 6.45) is 0. The number of hydrogen-bond donors (Lipinski definition) is 2. The van der Waals surface area contributed by atoms with Crippen molar-refractivity contribution in [1.82, 2.24) is 10.0 Å². The van der Waals surface area contributed by atoms with Crippen LogP contribution in [0.25, 0.3) is 0 Å². The fraction of sp³-hybridized carbons (Fsp3) is 0.188. The number of amides is 1. The van der Waals surface area contributed by atoms with Crippen molar-refractivity contribution in [3.05, 3.63) is 60.7 Å². The number of para-hydroxylation sites is 1. The van der Waals surface area contributed by atoms with Crippen LogP contribution in [0.15, 0.2) is 65.6 Å². The van der Waals surface area contributed by atoms with Gasteiger partial charge in [0.1, 0.15) is 5.75 Å². The highest BCUT2D eigenvalue weighted by atomic mass is 32.2. The SMILES string of the molecule is O=C(COc1ccccc1)NCCNS(=O)(=O)c1ccccc1. The summed E-state index contributed by atoms with van der Waals surface area (Å²) in [5.74, 6) is 0.292. The van der Waals surface area contributed by atoms with E-state index in [1.165, 1.54) is 12.1 Å². The Morgan fingerprint density at radius 3 is 2.17 bits per heavy atom. The number of hydrogen-bond acceptors (Lipinski definition) is 4. The normalized spacial score (nSPS) is 11.0. The Bertz CT molecular complexity index is 718. The number of rotatable bonds is 8. The lowest BCUT2D eigenvalue weighted by Gasteiger charge is -2.09. The number of carbonyl (C=O) groups excluding carboxylic acids is 1. The van der Waals surface area contributed by atoms with Crippen LogP contribution in [0.2, 0.25) is 0 Å². The number of carbonyl (C=O) groups is 1. The van der Waals surface area contributed by atoms with E-state index in [0.717, 1.165) is 0 Å². The third-order valence-corrected chi connectivity index (χ3v) is 4.38. The molecule has 2 N–H and O–H groups in total. The first kappa shape index (κ1) is 17.0. The highest BCUT2D eigenvalue weighted by molar-refractivity contribution is 7.89. The van der Waals surface area contributed by atoms with Crippen LogP contribution >= 0.6 is 0 Å². The van der Waals surface area contributed by atoms with Crippen molar-refractivity contribution in [3.8, 4) is 5.75 Å². The molecule has 1 amide bonds. The molecular formula is C16H18N2O4S. The fourth-order valence-electron chi connectivity index (χ4n) is 1.79. The largest absolute Gasteiger partial charge is 0.484 e. The zero-order chi connectivity index (χ0) is 16.5. The topological polar surface area (TPSA) is 84.5 Å². The van der Waals surface area contributed by atoms with E-state index in [0.29, 0.717) is 5.75 Å². The van der Waals surface area contributed by atoms with Gasteiger partial charge in [-0.05, 0) is 24.3 Å². The van der Waals surface area contributed by atoms with Gasteiger partial charge < -0.3 is 10.1 Å². The van der Waals surface area contributed by atoms with Crippen LogP contribution in [0.3, 0.4) is 0 Å². The molecule has 0 unspecified atom stereocenters. The van der Waals surface area contributed by atoms with Crippen LogP contribution in [0.5, 0.6) is 5.75 Å². The van der Waals surface area contributed by atoms with Crippen LogP contribution in [-0.2, 0) is 14.8 Å². The lowest BCUT2D eigenvalue weighted by molar-refractivity contribution is -0.123. The number of sulfonamides is 1. The smallest absolute Gasteiger partial charge is 0.257 e. The second kappa shape index (κ2) is 8.30. The van der Waals surface area contributed by atoms with Crippen molar-refractivity contribution in [1.29, 1.82) is 0 Å². The highest BCUT2D eigenvalue weighted by Gasteiger charge is 2.12. The Morgan fingerprint density at radius 2 is 1.52 bits per heavy atom. The van der Waals surface area contributed by atoms with Gasteiger partial charge in [-0.15, -0.1) is 0 Å². The molecular weight excluding hydrogens is 316 g/mol. The first-order chi connectivity index (χ1) is 11.1. The summed E-state index contributed by atoms with van der Waals surface area (Å²) in [6.45, 7) is 0.173. The Labute approximate surface area is 135 Å². The standard InChI is InChI=1S/C16H18N2O4S/c19-16(13-22-14-7-3-1-4-8-14)17-11-12-18-23(20,21)15-9-5-2-6-10-15/h1-10,18H,11-13H2,(H,17,19). The van der Waals surface area contributed by atoms with Crippen molar-refractivity contribution < 1.29 is 17.9 Å². The first-order valence-electron chi connectivity index (χ1n) is 7.07. The van der Waals surface area contributed by atoms with Crippen molar-refractivity contribution in [3.63, 3.8) is 0 Å². The van der Waals surface area contributed by atoms with Crippen molar-refractivity contribution in [2.45, 2.75) is 4.90 Å². The molecule has 0 heterocycles. The molecule has 122 valence electrons. The van der Waals surface area contributed by atoms with E-state index in [2.05, 4.69) is 10.0 Å². The molecule has 0 aliphatic carbocycles. The summed E-state index contributed by atoms with van der Waals surface area (Å²) in [5.41, 5.74) is 0. The molecule has 0 saturated carbocycles. The number of benzene rings is 2. The Morgan fingerprint density at radius 1 is 0.913 bits per heavy atom. The highest BCUT2D eigenvalue weighted by Crippen LogP contribution is 2.07. The molecule has 0 aliphatic rings. The van der Waals surface area contributed by atoms with Crippen molar-refractivity contribution >= 4 is 15.9 Å². The maximum atomic E-state index is 11.9. The second-order valence-electron chi connectivity index (χ2n) is 4.66. The third kappa shape index (κ3) is 5.72. The second-order valence-corrected chi connectivity index (χ2v) is 6.43. The van der Waals surface area contributed by atoms with Crippen LogP contribution in [0.1, 0.15) is 0 Å². The van der Waals surface area contributed by atoms with Gasteiger partial charge in [0, 0.05) is 13.1 Å². The van der Waals surface area contributed by atoms with E-state index >= 15 is 0 Å². The molecule has 0 saturated heterocycles. The minimum Gasteiger partial charge on any atom is -0.484 e. The molecule has 0 aliphatic heterocycles. The van der Waals surface area contributed by atoms with Gasteiger partial charge in [-0.1, -0.05) is 36.4 Å². The summed E-state index contributed by atoms with van der Waals surface area (Å²) in [7, 11) is -3.55. The maximum absolute atomic E-state index is 11.9. The predicted molar refractivity (Wildman–Crippen MR) is 86.6 cm³/mol. The van der Waals surface area contributed by atoms with E-state index in [1.54, 1.807) is 30.3 Å². The molecule has 2 aromatic rings. The minimum atomic E-state index is -3.55. The van der Waals surface area contributed by atoms with Crippen LogP contribution in [-0.4, -0.2) is 34.0 Å².